The minimum Gasteiger partial charge on any atom is -0.507 e. The predicted molar refractivity (Wildman–Crippen MR) is 117 cm³/mol. The summed E-state index contributed by atoms with van der Waals surface area (Å²) in [6.07, 6.45) is 0. The lowest BCUT2D eigenvalue weighted by Crippen LogP contribution is -2.24. The van der Waals surface area contributed by atoms with Gasteiger partial charge in [0.15, 0.2) is 5.82 Å². The number of aromatic hydroxyl groups is 1. The first-order valence-corrected chi connectivity index (χ1v) is 10.7. The molecule has 3 N–H and O–H groups in total. The summed E-state index contributed by atoms with van der Waals surface area (Å²) in [6.45, 7) is 6.22. The summed E-state index contributed by atoms with van der Waals surface area (Å²) in [5.74, 6) is 1.63. The van der Waals surface area contributed by atoms with Crippen molar-refractivity contribution in [1.82, 2.24) is 20.5 Å². The lowest BCUT2D eigenvalue weighted by atomic mass is 10.1. The molecule has 0 bridgehead atoms. The van der Waals surface area contributed by atoms with Crippen LogP contribution in [0.3, 0.4) is 0 Å². The number of nitrogens with zero attached hydrogens (tertiary/aromatic N) is 2. The molecule has 0 aliphatic heterocycles. The molecule has 0 spiro atoms. The van der Waals surface area contributed by atoms with Gasteiger partial charge >= 0.3 is 0 Å². The largest absolute Gasteiger partial charge is 0.507 e. The third kappa shape index (κ3) is 5.90. The second kappa shape index (κ2) is 9.86. The number of thioether (sulfide) groups is 1. The first kappa shape index (κ1) is 22.0. The van der Waals surface area contributed by atoms with E-state index in [1.54, 1.807) is 12.1 Å². The molecule has 3 rings (SSSR count). The molecule has 0 atom stereocenters. The van der Waals surface area contributed by atoms with E-state index in [1.165, 1.54) is 11.8 Å². The Bertz CT molecular complexity index is 1030. The van der Waals surface area contributed by atoms with Crippen LogP contribution < -0.4 is 10.1 Å². The van der Waals surface area contributed by atoms with E-state index in [0.29, 0.717) is 28.3 Å². The number of aromatic amines is 1. The maximum atomic E-state index is 12.1. The molecule has 30 heavy (non-hydrogen) atoms. The Hall–Kier alpha value is -2.71. The molecule has 2 aromatic carbocycles. The van der Waals surface area contributed by atoms with Gasteiger partial charge in [-0.15, -0.1) is 5.10 Å². The fourth-order valence-electron chi connectivity index (χ4n) is 2.79. The van der Waals surface area contributed by atoms with Crippen LogP contribution in [0.1, 0.15) is 28.1 Å². The van der Waals surface area contributed by atoms with Crippen molar-refractivity contribution in [3.05, 3.63) is 63.4 Å². The Balaban J connectivity index is 1.44. The molecule has 1 heterocycles. The number of hydrogen-bond donors (Lipinski definition) is 3. The predicted octanol–water partition coefficient (Wildman–Crippen LogP) is 4.08. The van der Waals surface area contributed by atoms with Gasteiger partial charge in [0.2, 0.25) is 11.1 Å². The number of H-pyrrole nitrogens is 1. The minimum atomic E-state index is -0.123. The number of ether oxygens (including phenoxy) is 1. The van der Waals surface area contributed by atoms with Crippen molar-refractivity contribution in [3.63, 3.8) is 0 Å². The van der Waals surface area contributed by atoms with Gasteiger partial charge in [-0.25, -0.2) is 4.98 Å². The zero-order valence-electron chi connectivity index (χ0n) is 17.0. The number of rotatable bonds is 8. The Labute approximate surface area is 184 Å². The summed E-state index contributed by atoms with van der Waals surface area (Å²) in [5.41, 5.74) is 3.46. The standard InChI is InChI=1S/C21H23ClN4O3S/c1-12-8-16(4-5-17(12)22)29-10-18-24-21(26-25-18)30-11-19(27)23-9-15-6-13(2)20(28)14(3)7-15/h4-8,28H,9-11H2,1-3H3,(H,23,27)(H,24,25,26). The number of hydrogen-bond acceptors (Lipinski definition) is 6. The molecule has 158 valence electrons. The van der Waals surface area contributed by atoms with E-state index in [2.05, 4.69) is 20.5 Å². The molecule has 0 radical (unpaired) electrons. The molecule has 0 fully saturated rings. The lowest BCUT2D eigenvalue weighted by Gasteiger charge is -2.09. The van der Waals surface area contributed by atoms with Crippen molar-refractivity contribution in [2.24, 2.45) is 0 Å². The quantitative estimate of drug-likeness (QED) is 0.451. The molecule has 0 saturated carbocycles. The number of phenolic OH excluding ortho intramolecular Hbond substituents is 1. The Morgan fingerprint density at radius 1 is 1.20 bits per heavy atom. The Kier molecular flexibility index (Phi) is 7.23. The van der Waals surface area contributed by atoms with Gasteiger partial charge in [-0.1, -0.05) is 35.5 Å². The van der Waals surface area contributed by atoms with Gasteiger partial charge in [-0.3, -0.25) is 9.89 Å². The van der Waals surface area contributed by atoms with Gasteiger partial charge in [0.1, 0.15) is 18.1 Å². The number of phenols is 1. The zero-order valence-corrected chi connectivity index (χ0v) is 18.5. The number of amides is 1. The Morgan fingerprint density at radius 2 is 1.93 bits per heavy atom. The molecule has 9 heteroatoms. The second-order valence-corrected chi connectivity index (χ2v) is 8.26. The summed E-state index contributed by atoms with van der Waals surface area (Å²) in [7, 11) is 0. The van der Waals surface area contributed by atoms with Crippen LogP contribution in [0, 0.1) is 20.8 Å². The van der Waals surface area contributed by atoms with Crippen LogP contribution in [0.15, 0.2) is 35.5 Å². The number of carbonyl (C=O) groups excluding carboxylic acids is 1. The van der Waals surface area contributed by atoms with Crippen LogP contribution in [0.5, 0.6) is 11.5 Å². The van der Waals surface area contributed by atoms with Crippen LogP contribution in [-0.2, 0) is 17.9 Å². The molecular formula is C21H23ClN4O3S. The molecule has 3 aromatic rings. The van der Waals surface area contributed by atoms with E-state index in [1.807, 2.05) is 39.0 Å². The van der Waals surface area contributed by atoms with E-state index in [-0.39, 0.29) is 24.0 Å². The van der Waals surface area contributed by atoms with E-state index < -0.39 is 0 Å². The lowest BCUT2D eigenvalue weighted by molar-refractivity contribution is -0.118. The number of aryl methyl sites for hydroxylation is 3. The maximum Gasteiger partial charge on any atom is 0.230 e. The summed E-state index contributed by atoms with van der Waals surface area (Å²) in [6, 6.07) is 9.16. The van der Waals surface area contributed by atoms with Crippen molar-refractivity contribution in [1.29, 1.82) is 0 Å². The summed E-state index contributed by atoms with van der Waals surface area (Å²) < 4.78 is 5.68. The fraction of sp³-hybridized carbons (Fsp3) is 0.286. The first-order valence-electron chi connectivity index (χ1n) is 9.30. The van der Waals surface area contributed by atoms with Gasteiger partial charge in [0.05, 0.1) is 5.75 Å². The van der Waals surface area contributed by atoms with E-state index >= 15 is 0 Å². The molecule has 0 aliphatic carbocycles. The zero-order chi connectivity index (χ0) is 21.7. The number of nitrogens with one attached hydrogen (secondary N) is 2. The smallest absolute Gasteiger partial charge is 0.230 e. The highest BCUT2D eigenvalue weighted by atomic mass is 35.5. The minimum absolute atomic E-state index is 0.123. The van der Waals surface area contributed by atoms with E-state index in [0.717, 1.165) is 22.3 Å². The molecule has 0 saturated heterocycles. The summed E-state index contributed by atoms with van der Waals surface area (Å²) in [5, 5.41) is 20.8. The second-order valence-electron chi connectivity index (χ2n) is 6.91. The van der Waals surface area contributed by atoms with Crippen LogP contribution in [0.2, 0.25) is 5.02 Å². The topological polar surface area (TPSA) is 100 Å². The molecule has 0 unspecified atom stereocenters. The Morgan fingerprint density at radius 3 is 2.63 bits per heavy atom. The molecule has 0 aliphatic rings. The van der Waals surface area contributed by atoms with Crippen molar-refractivity contribution in [3.8, 4) is 11.5 Å². The van der Waals surface area contributed by atoms with Crippen molar-refractivity contribution in [2.45, 2.75) is 39.1 Å². The summed E-state index contributed by atoms with van der Waals surface area (Å²) >= 11 is 7.25. The fourth-order valence-corrected chi connectivity index (χ4v) is 3.56. The third-order valence-corrected chi connectivity index (χ3v) is 5.66. The highest BCUT2D eigenvalue weighted by molar-refractivity contribution is 7.99. The molecule has 1 aromatic heterocycles. The maximum absolute atomic E-state index is 12.1. The van der Waals surface area contributed by atoms with Crippen LogP contribution in [-0.4, -0.2) is 31.9 Å². The van der Waals surface area contributed by atoms with Crippen LogP contribution >= 0.6 is 23.4 Å². The first-order chi connectivity index (χ1) is 14.3. The summed E-state index contributed by atoms with van der Waals surface area (Å²) in [4.78, 5) is 16.4. The molecule has 7 nitrogen and oxygen atoms in total. The highest BCUT2D eigenvalue weighted by Crippen LogP contribution is 2.23. The average Bonchev–Trinajstić information content (AvgIpc) is 3.17. The van der Waals surface area contributed by atoms with Gasteiger partial charge in [0, 0.05) is 11.6 Å². The average molecular weight is 447 g/mol. The third-order valence-electron chi connectivity index (χ3n) is 4.39. The van der Waals surface area contributed by atoms with Crippen LogP contribution in [0.4, 0.5) is 0 Å². The van der Waals surface area contributed by atoms with Gasteiger partial charge in [-0.2, -0.15) is 0 Å². The number of halogens is 1. The SMILES string of the molecule is Cc1cc(OCc2nc(SCC(=O)NCc3cc(C)c(O)c(C)c3)n[nH]2)ccc1Cl. The number of carbonyl (C=O) groups is 1. The van der Waals surface area contributed by atoms with Crippen molar-refractivity contribution >= 4 is 29.3 Å². The monoisotopic (exact) mass is 446 g/mol. The normalized spacial score (nSPS) is 10.8. The van der Waals surface area contributed by atoms with Crippen molar-refractivity contribution in [2.75, 3.05) is 5.75 Å². The number of aromatic nitrogens is 3. The van der Waals surface area contributed by atoms with Gasteiger partial charge in [-0.05, 0) is 61.2 Å². The van der Waals surface area contributed by atoms with Crippen LogP contribution in [0.25, 0.3) is 0 Å². The van der Waals surface area contributed by atoms with E-state index in [4.69, 9.17) is 16.3 Å². The molecule has 1 amide bonds. The van der Waals surface area contributed by atoms with Gasteiger partial charge < -0.3 is 15.2 Å². The molecular weight excluding hydrogens is 424 g/mol. The van der Waals surface area contributed by atoms with E-state index in [9.17, 15) is 9.90 Å². The van der Waals surface area contributed by atoms with Crippen molar-refractivity contribution < 1.29 is 14.6 Å². The van der Waals surface area contributed by atoms with Gasteiger partial charge in [0.25, 0.3) is 0 Å². The highest BCUT2D eigenvalue weighted by Gasteiger charge is 2.10. The number of benzene rings is 2.